The average molecular weight is 289 g/mol. The first-order valence-corrected chi connectivity index (χ1v) is 6.17. The number of aromatic nitrogens is 3. The molecule has 0 spiro atoms. The molecule has 0 saturated carbocycles. The van der Waals surface area contributed by atoms with Crippen molar-refractivity contribution in [3.05, 3.63) is 51.7 Å². The van der Waals surface area contributed by atoms with Gasteiger partial charge in [0.1, 0.15) is 11.9 Å². The Morgan fingerprint density at radius 1 is 1.30 bits per heavy atom. The Balaban J connectivity index is 2.17. The Labute approximate surface area is 118 Å². The SMILES string of the molecule is Cn1c([N+](=O)[O-])cnc1-c1ccc2ccc(Cl)cc2n1. The maximum atomic E-state index is 10.8. The molecule has 20 heavy (non-hydrogen) atoms. The Morgan fingerprint density at radius 2 is 2.05 bits per heavy atom. The number of nitro groups is 1. The standard InChI is InChI=1S/C13H9ClN4O2/c1-17-12(18(19)20)7-15-13(17)10-5-3-8-2-4-9(14)6-11(8)16-10/h2-7H,1H3. The molecule has 3 aromatic rings. The van der Waals surface area contributed by atoms with E-state index < -0.39 is 4.92 Å². The van der Waals surface area contributed by atoms with E-state index in [4.69, 9.17) is 11.6 Å². The van der Waals surface area contributed by atoms with Crippen LogP contribution in [0, 0.1) is 10.1 Å². The Morgan fingerprint density at radius 3 is 2.75 bits per heavy atom. The molecule has 1 aromatic carbocycles. The summed E-state index contributed by atoms with van der Waals surface area (Å²) >= 11 is 5.94. The van der Waals surface area contributed by atoms with Crippen LogP contribution in [0.15, 0.2) is 36.5 Å². The lowest BCUT2D eigenvalue weighted by Crippen LogP contribution is -1.99. The van der Waals surface area contributed by atoms with Gasteiger partial charge in [-0.1, -0.05) is 23.7 Å². The van der Waals surface area contributed by atoms with Crippen LogP contribution in [0.3, 0.4) is 0 Å². The van der Waals surface area contributed by atoms with E-state index in [9.17, 15) is 10.1 Å². The molecule has 2 heterocycles. The van der Waals surface area contributed by atoms with Crippen molar-refractivity contribution in [2.24, 2.45) is 7.05 Å². The van der Waals surface area contributed by atoms with Crippen LogP contribution in [0.4, 0.5) is 5.82 Å². The number of pyridine rings is 1. The summed E-state index contributed by atoms with van der Waals surface area (Å²) < 4.78 is 1.40. The molecule has 0 saturated heterocycles. The van der Waals surface area contributed by atoms with Gasteiger partial charge < -0.3 is 10.1 Å². The first kappa shape index (κ1) is 12.6. The van der Waals surface area contributed by atoms with Gasteiger partial charge >= 0.3 is 5.82 Å². The van der Waals surface area contributed by atoms with Crippen LogP contribution in [0.25, 0.3) is 22.4 Å². The van der Waals surface area contributed by atoms with Crippen molar-refractivity contribution in [1.82, 2.24) is 14.5 Å². The van der Waals surface area contributed by atoms with Crippen molar-refractivity contribution < 1.29 is 4.92 Å². The van der Waals surface area contributed by atoms with Crippen molar-refractivity contribution in [1.29, 1.82) is 0 Å². The summed E-state index contributed by atoms with van der Waals surface area (Å²) in [7, 11) is 1.59. The summed E-state index contributed by atoms with van der Waals surface area (Å²) in [5, 5.41) is 12.4. The summed E-state index contributed by atoms with van der Waals surface area (Å²) in [6.45, 7) is 0. The van der Waals surface area contributed by atoms with E-state index in [1.165, 1.54) is 10.8 Å². The third kappa shape index (κ3) is 2.00. The number of nitrogens with zero attached hydrogens (tertiary/aromatic N) is 4. The lowest BCUT2D eigenvalue weighted by Gasteiger charge is -2.01. The van der Waals surface area contributed by atoms with Crippen LogP contribution in [-0.4, -0.2) is 19.5 Å². The van der Waals surface area contributed by atoms with Gasteiger partial charge in [-0.3, -0.25) is 0 Å². The molecule has 0 aliphatic heterocycles. The van der Waals surface area contributed by atoms with Crippen molar-refractivity contribution in [2.75, 3.05) is 0 Å². The highest BCUT2D eigenvalue weighted by Crippen LogP contribution is 2.24. The zero-order chi connectivity index (χ0) is 14.3. The molecule has 0 bridgehead atoms. The number of fused-ring (bicyclic) bond motifs is 1. The van der Waals surface area contributed by atoms with Gasteiger partial charge in [-0.2, -0.15) is 0 Å². The van der Waals surface area contributed by atoms with Gasteiger partial charge in [-0.25, -0.2) is 14.5 Å². The Bertz CT molecular complexity index is 828. The van der Waals surface area contributed by atoms with Gasteiger partial charge in [-0.05, 0) is 23.1 Å². The minimum Gasteiger partial charge on any atom is -0.358 e. The summed E-state index contributed by atoms with van der Waals surface area (Å²) in [5.41, 5.74) is 1.29. The van der Waals surface area contributed by atoms with Gasteiger partial charge in [0, 0.05) is 10.4 Å². The fraction of sp³-hybridized carbons (Fsp3) is 0.0769. The minimum absolute atomic E-state index is 0.0759. The minimum atomic E-state index is -0.478. The van der Waals surface area contributed by atoms with Crippen molar-refractivity contribution >= 4 is 28.3 Å². The monoisotopic (exact) mass is 288 g/mol. The summed E-state index contributed by atoms with van der Waals surface area (Å²) in [6.07, 6.45) is 1.22. The predicted molar refractivity (Wildman–Crippen MR) is 75.6 cm³/mol. The number of hydrogen-bond acceptors (Lipinski definition) is 4. The van der Waals surface area contributed by atoms with Crippen molar-refractivity contribution in [3.63, 3.8) is 0 Å². The quantitative estimate of drug-likeness (QED) is 0.536. The van der Waals surface area contributed by atoms with Crippen LogP contribution in [0.1, 0.15) is 0 Å². The van der Waals surface area contributed by atoms with Gasteiger partial charge in [-0.15, -0.1) is 0 Å². The first-order valence-electron chi connectivity index (χ1n) is 5.79. The summed E-state index contributed by atoms with van der Waals surface area (Å²) in [5.74, 6) is 0.367. The highest BCUT2D eigenvalue weighted by Gasteiger charge is 2.19. The normalized spacial score (nSPS) is 10.9. The van der Waals surface area contributed by atoms with Gasteiger partial charge in [0.25, 0.3) is 0 Å². The molecular weight excluding hydrogens is 280 g/mol. The topological polar surface area (TPSA) is 73.8 Å². The van der Waals surface area contributed by atoms with Crippen LogP contribution in [0.2, 0.25) is 5.02 Å². The number of hydrogen-bond donors (Lipinski definition) is 0. The third-order valence-corrected chi connectivity index (χ3v) is 3.27. The number of imidazole rings is 1. The highest BCUT2D eigenvalue weighted by molar-refractivity contribution is 6.31. The lowest BCUT2D eigenvalue weighted by atomic mass is 10.2. The maximum absolute atomic E-state index is 10.8. The summed E-state index contributed by atoms with van der Waals surface area (Å²) in [6, 6.07) is 9.07. The number of halogens is 1. The smallest absolute Gasteiger partial charge is 0.342 e. The fourth-order valence-corrected chi connectivity index (χ4v) is 2.19. The second-order valence-electron chi connectivity index (χ2n) is 4.29. The first-order chi connectivity index (χ1) is 9.56. The zero-order valence-corrected chi connectivity index (χ0v) is 11.2. The van der Waals surface area contributed by atoms with E-state index in [0.29, 0.717) is 16.5 Å². The second-order valence-corrected chi connectivity index (χ2v) is 4.73. The van der Waals surface area contributed by atoms with Crippen LogP contribution < -0.4 is 0 Å². The van der Waals surface area contributed by atoms with Crippen LogP contribution >= 0.6 is 11.6 Å². The molecule has 0 aliphatic rings. The maximum Gasteiger partial charge on any atom is 0.342 e. The zero-order valence-electron chi connectivity index (χ0n) is 10.4. The highest BCUT2D eigenvalue weighted by atomic mass is 35.5. The average Bonchev–Trinajstić information content (AvgIpc) is 2.80. The van der Waals surface area contributed by atoms with E-state index in [1.54, 1.807) is 25.2 Å². The number of rotatable bonds is 2. The molecule has 2 aromatic heterocycles. The molecule has 0 aliphatic carbocycles. The molecular formula is C13H9ClN4O2. The molecule has 0 fully saturated rings. The van der Waals surface area contributed by atoms with Gasteiger partial charge in [0.2, 0.25) is 5.82 Å². The van der Waals surface area contributed by atoms with E-state index in [0.717, 1.165) is 10.9 Å². The molecule has 6 nitrogen and oxygen atoms in total. The van der Waals surface area contributed by atoms with E-state index in [1.807, 2.05) is 12.1 Å². The molecule has 0 radical (unpaired) electrons. The van der Waals surface area contributed by atoms with E-state index >= 15 is 0 Å². The van der Waals surface area contributed by atoms with Crippen LogP contribution in [-0.2, 0) is 7.05 Å². The number of benzene rings is 1. The summed E-state index contributed by atoms with van der Waals surface area (Å²) in [4.78, 5) is 18.9. The van der Waals surface area contributed by atoms with E-state index in [2.05, 4.69) is 9.97 Å². The molecule has 100 valence electrons. The largest absolute Gasteiger partial charge is 0.358 e. The fourth-order valence-electron chi connectivity index (χ4n) is 2.02. The van der Waals surface area contributed by atoms with Crippen molar-refractivity contribution in [2.45, 2.75) is 0 Å². The third-order valence-electron chi connectivity index (χ3n) is 3.03. The van der Waals surface area contributed by atoms with Crippen LogP contribution in [0.5, 0.6) is 0 Å². The van der Waals surface area contributed by atoms with Gasteiger partial charge in [0.05, 0.1) is 12.6 Å². The lowest BCUT2D eigenvalue weighted by molar-refractivity contribution is -0.391. The molecule has 7 heteroatoms. The van der Waals surface area contributed by atoms with Crippen molar-refractivity contribution in [3.8, 4) is 11.5 Å². The second kappa shape index (κ2) is 4.57. The molecule has 3 rings (SSSR count). The van der Waals surface area contributed by atoms with E-state index in [-0.39, 0.29) is 5.82 Å². The molecule has 0 atom stereocenters. The molecule has 0 amide bonds. The molecule has 0 unspecified atom stereocenters. The predicted octanol–water partition coefficient (Wildman–Crippen LogP) is 3.20. The Kier molecular flexibility index (Phi) is 2.87. The Hall–Kier alpha value is -2.47. The van der Waals surface area contributed by atoms with Gasteiger partial charge in [0.15, 0.2) is 0 Å². The molecule has 0 N–H and O–H groups in total.